The van der Waals surface area contributed by atoms with E-state index in [0.29, 0.717) is 26.3 Å². The molecule has 18 heavy (non-hydrogen) atoms. The molecule has 100 valence electrons. The average molecular weight is 261 g/mol. The van der Waals surface area contributed by atoms with Gasteiger partial charge in [0.05, 0.1) is 13.2 Å². The van der Waals surface area contributed by atoms with Gasteiger partial charge in [-0.25, -0.2) is 0 Å². The van der Waals surface area contributed by atoms with Crippen LogP contribution in [0.3, 0.4) is 0 Å². The molecule has 1 saturated heterocycles. The molecule has 0 unspecified atom stereocenters. The monoisotopic (exact) mass is 261 g/mol. The van der Waals surface area contributed by atoms with Crippen LogP contribution in [0.25, 0.3) is 0 Å². The zero-order valence-corrected chi connectivity index (χ0v) is 9.96. The van der Waals surface area contributed by atoms with Crippen LogP contribution in [0.2, 0.25) is 0 Å². The average Bonchev–Trinajstić information content (AvgIpc) is 2.27. The summed E-state index contributed by atoms with van der Waals surface area (Å²) in [7, 11) is 0. The standard InChI is InChI=1S/C12H14F3NO2/c1-9-6-10(16-2-4-17-5-3-16)8-11(7-9)18-12(13,14)15/h6-8H,2-5H2,1H3. The van der Waals surface area contributed by atoms with Crippen LogP contribution in [0.4, 0.5) is 18.9 Å². The smallest absolute Gasteiger partial charge is 0.406 e. The van der Waals surface area contributed by atoms with Gasteiger partial charge in [-0.15, -0.1) is 13.2 Å². The predicted octanol–water partition coefficient (Wildman–Crippen LogP) is 2.73. The third-order valence-corrected chi connectivity index (χ3v) is 2.65. The van der Waals surface area contributed by atoms with Crippen LogP contribution in [-0.4, -0.2) is 32.7 Å². The molecule has 1 aromatic carbocycles. The van der Waals surface area contributed by atoms with Crippen LogP contribution in [0, 0.1) is 6.92 Å². The molecule has 3 nitrogen and oxygen atoms in total. The Labute approximate surface area is 103 Å². The fourth-order valence-electron chi connectivity index (χ4n) is 1.93. The molecule has 2 rings (SSSR count). The molecule has 0 saturated carbocycles. The first-order chi connectivity index (χ1) is 8.44. The largest absolute Gasteiger partial charge is 0.573 e. The van der Waals surface area contributed by atoms with E-state index in [-0.39, 0.29) is 5.75 Å². The Balaban J connectivity index is 2.20. The van der Waals surface area contributed by atoms with E-state index < -0.39 is 6.36 Å². The summed E-state index contributed by atoms with van der Waals surface area (Å²) in [5, 5.41) is 0. The van der Waals surface area contributed by atoms with Gasteiger partial charge in [0.2, 0.25) is 0 Å². The number of hydrogen-bond acceptors (Lipinski definition) is 3. The second kappa shape index (κ2) is 5.06. The maximum Gasteiger partial charge on any atom is 0.573 e. The summed E-state index contributed by atoms with van der Waals surface area (Å²) in [6.45, 7) is 4.27. The molecular weight excluding hydrogens is 247 g/mol. The molecule has 1 heterocycles. The quantitative estimate of drug-likeness (QED) is 0.817. The Kier molecular flexibility index (Phi) is 3.65. The van der Waals surface area contributed by atoms with Crippen molar-refractivity contribution < 1.29 is 22.6 Å². The lowest BCUT2D eigenvalue weighted by atomic mass is 10.2. The normalized spacial score (nSPS) is 16.8. The molecule has 0 atom stereocenters. The lowest BCUT2D eigenvalue weighted by Crippen LogP contribution is -2.36. The van der Waals surface area contributed by atoms with E-state index >= 15 is 0 Å². The van der Waals surface area contributed by atoms with Crippen molar-refractivity contribution >= 4 is 5.69 Å². The van der Waals surface area contributed by atoms with Gasteiger partial charge < -0.3 is 14.4 Å². The van der Waals surface area contributed by atoms with E-state index in [9.17, 15) is 13.2 Å². The third kappa shape index (κ3) is 3.53. The van der Waals surface area contributed by atoms with Crippen molar-refractivity contribution in [2.24, 2.45) is 0 Å². The second-order valence-corrected chi connectivity index (χ2v) is 4.15. The van der Waals surface area contributed by atoms with Crippen molar-refractivity contribution in [2.45, 2.75) is 13.3 Å². The summed E-state index contributed by atoms with van der Waals surface area (Å²) in [4.78, 5) is 1.99. The van der Waals surface area contributed by atoms with Crippen molar-refractivity contribution in [3.63, 3.8) is 0 Å². The van der Waals surface area contributed by atoms with Crippen LogP contribution in [0.15, 0.2) is 18.2 Å². The summed E-state index contributed by atoms with van der Waals surface area (Å²) in [5.41, 5.74) is 1.47. The van der Waals surface area contributed by atoms with E-state index in [0.717, 1.165) is 11.3 Å². The lowest BCUT2D eigenvalue weighted by Gasteiger charge is -2.29. The third-order valence-electron chi connectivity index (χ3n) is 2.65. The minimum absolute atomic E-state index is 0.177. The van der Waals surface area contributed by atoms with Crippen LogP contribution in [0.1, 0.15) is 5.56 Å². The Morgan fingerprint density at radius 3 is 2.44 bits per heavy atom. The highest BCUT2D eigenvalue weighted by molar-refractivity contribution is 5.53. The molecule has 1 aliphatic heterocycles. The van der Waals surface area contributed by atoms with Crippen LogP contribution < -0.4 is 9.64 Å². The number of hydrogen-bond donors (Lipinski definition) is 0. The minimum atomic E-state index is -4.66. The maximum absolute atomic E-state index is 12.2. The number of morpholine rings is 1. The van der Waals surface area contributed by atoms with Crippen molar-refractivity contribution in [1.29, 1.82) is 0 Å². The topological polar surface area (TPSA) is 21.7 Å². The molecule has 0 aliphatic carbocycles. The molecule has 1 aliphatic rings. The molecule has 1 aromatic rings. The molecule has 0 radical (unpaired) electrons. The van der Waals surface area contributed by atoms with Crippen LogP contribution in [0.5, 0.6) is 5.75 Å². The zero-order chi connectivity index (χ0) is 13.2. The number of nitrogens with zero attached hydrogens (tertiary/aromatic N) is 1. The van der Waals surface area contributed by atoms with Gasteiger partial charge in [0.1, 0.15) is 5.75 Å². The van der Waals surface area contributed by atoms with Gasteiger partial charge >= 0.3 is 6.36 Å². The SMILES string of the molecule is Cc1cc(OC(F)(F)F)cc(N2CCOCC2)c1. The van der Waals surface area contributed by atoms with Gasteiger partial charge in [0.15, 0.2) is 0 Å². The Bertz CT molecular complexity index is 414. The summed E-state index contributed by atoms with van der Waals surface area (Å²) >= 11 is 0. The summed E-state index contributed by atoms with van der Waals surface area (Å²) < 4.78 is 45.7. The molecular formula is C12H14F3NO2. The highest BCUT2D eigenvalue weighted by Gasteiger charge is 2.31. The highest BCUT2D eigenvalue weighted by Crippen LogP contribution is 2.28. The minimum Gasteiger partial charge on any atom is -0.406 e. The van der Waals surface area contributed by atoms with Crippen molar-refractivity contribution in [1.82, 2.24) is 0 Å². The number of ether oxygens (including phenoxy) is 2. The Hall–Kier alpha value is -1.43. The fraction of sp³-hybridized carbons (Fsp3) is 0.500. The van der Waals surface area contributed by atoms with Gasteiger partial charge in [-0.3, -0.25) is 0 Å². The lowest BCUT2D eigenvalue weighted by molar-refractivity contribution is -0.274. The Morgan fingerprint density at radius 1 is 1.17 bits per heavy atom. The highest BCUT2D eigenvalue weighted by atomic mass is 19.4. The van der Waals surface area contributed by atoms with E-state index in [2.05, 4.69) is 4.74 Å². The van der Waals surface area contributed by atoms with Crippen molar-refractivity contribution in [2.75, 3.05) is 31.2 Å². The van der Waals surface area contributed by atoms with Crippen molar-refractivity contribution in [3.05, 3.63) is 23.8 Å². The first-order valence-electron chi connectivity index (χ1n) is 5.64. The number of aryl methyl sites for hydroxylation is 1. The molecule has 6 heteroatoms. The van der Waals surface area contributed by atoms with E-state index in [1.807, 2.05) is 11.0 Å². The number of rotatable bonds is 2. The van der Waals surface area contributed by atoms with Gasteiger partial charge in [0, 0.05) is 24.8 Å². The van der Waals surface area contributed by atoms with Gasteiger partial charge in [-0.2, -0.15) is 0 Å². The van der Waals surface area contributed by atoms with Crippen LogP contribution in [-0.2, 0) is 4.74 Å². The molecule has 0 bridgehead atoms. The first-order valence-corrected chi connectivity index (χ1v) is 5.64. The van der Waals surface area contributed by atoms with Crippen molar-refractivity contribution in [3.8, 4) is 5.75 Å². The number of halogens is 3. The summed E-state index contributed by atoms with van der Waals surface area (Å²) in [6, 6.07) is 4.62. The second-order valence-electron chi connectivity index (χ2n) is 4.15. The van der Waals surface area contributed by atoms with Gasteiger partial charge in [-0.05, 0) is 24.6 Å². The maximum atomic E-state index is 12.2. The number of anilines is 1. The Morgan fingerprint density at radius 2 is 1.83 bits per heavy atom. The predicted molar refractivity (Wildman–Crippen MR) is 60.9 cm³/mol. The summed E-state index contributed by atoms with van der Waals surface area (Å²) in [5.74, 6) is -0.177. The molecule has 0 amide bonds. The van der Waals surface area contributed by atoms with Gasteiger partial charge in [0.25, 0.3) is 0 Å². The first kappa shape index (κ1) is 13.0. The molecule has 0 aromatic heterocycles. The zero-order valence-electron chi connectivity index (χ0n) is 9.96. The molecule has 0 spiro atoms. The van der Waals surface area contributed by atoms with E-state index in [4.69, 9.17) is 4.74 Å². The molecule has 1 fully saturated rings. The fourth-order valence-corrected chi connectivity index (χ4v) is 1.93. The number of alkyl halides is 3. The number of benzene rings is 1. The molecule has 0 N–H and O–H groups in total. The van der Waals surface area contributed by atoms with Crippen LogP contribution >= 0.6 is 0 Å². The summed E-state index contributed by atoms with van der Waals surface area (Å²) in [6.07, 6.45) is -4.66. The van der Waals surface area contributed by atoms with E-state index in [1.54, 1.807) is 6.92 Å². The van der Waals surface area contributed by atoms with Gasteiger partial charge in [-0.1, -0.05) is 0 Å². The van der Waals surface area contributed by atoms with E-state index in [1.165, 1.54) is 12.1 Å².